The monoisotopic (exact) mass is 569 g/mol. The average Bonchev–Trinajstić information content (AvgIpc) is 3.55. The third-order valence-electron chi connectivity index (χ3n) is 10.1. The van der Waals surface area contributed by atoms with Gasteiger partial charge in [0.15, 0.2) is 0 Å². The van der Waals surface area contributed by atoms with Crippen molar-refractivity contribution < 1.29 is 27.5 Å². The quantitative estimate of drug-likeness (QED) is 0.414. The lowest BCUT2D eigenvalue weighted by molar-refractivity contribution is -0.144. The summed E-state index contributed by atoms with van der Waals surface area (Å²) in [4.78, 5) is 34.8. The molecule has 6 nitrogen and oxygen atoms in total. The summed E-state index contributed by atoms with van der Waals surface area (Å²) in [6.45, 7) is 4.80. The van der Waals surface area contributed by atoms with Crippen LogP contribution in [-0.2, 0) is 28.7 Å². The van der Waals surface area contributed by atoms with Gasteiger partial charge in [0, 0.05) is 37.4 Å². The first-order valence-corrected chi connectivity index (χ1v) is 15.0. The van der Waals surface area contributed by atoms with Crippen LogP contribution >= 0.6 is 0 Å². The first-order valence-electron chi connectivity index (χ1n) is 15.0. The van der Waals surface area contributed by atoms with E-state index in [1.165, 1.54) is 11.6 Å². The molecule has 1 amide bonds. The number of nitrogens with zero attached hydrogens (tertiary/aromatic N) is 3. The highest BCUT2D eigenvalue weighted by Crippen LogP contribution is 2.57. The van der Waals surface area contributed by atoms with Crippen LogP contribution in [0, 0.1) is 11.3 Å². The molecule has 2 saturated carbocycles. The fourth-order valence-corrected chi connectivity index (χ4v) is 8.04. The van der Waals surface area contributed by atoms with Crippen molar-refractivity contribution in [2.24, 2.45) is 11.3 Å². The number of rotatable bonds is 5. The van der Waals surface area contributed by atoms with Gasteiger partial charge in [-0.25, -0.2) is 4.79 Å². The average molecular weight is 570 g/mol. The van der Waals surface area contributed by atoms with Crippen LogP contribution in [0.2, 0.25) is 0 Å². The van der Waals surface area contributed by atoms with Crippen molar-refractivity contribution in [2.75, 3.05) is 26.2 Å². The van der Waals surface area contributed by atoms with Crippen LogP contribution in [0.4, 0.5) is 13.2 Å². The van der Waals surface area contributed by atoms with E-state index >= 15 is 0 Å². The Morgan fingerprint density at radius 1 is 1.12 bits per heavy atom. The molecule has 2 aliphatic heterocycles. The lowest BCUT2D eigenvalue weighted by Gasteiger charge is -2.39. The minimum atomic E-state index is -4.45. The molecule has 220 valence electrons. The minimum absolute atomic E-state index is 0.135. The first kappa shape index (κ1) is 28.2. The van der Waals surface area contributed by atoms with Gasteiger partial charge in [0.25, 0.3) is 0 Å². The van der Waals surface area contributed by atoms with Crippen LogP contribution < -0.4 is 0 Å². The third kappa shape index (κ3) is 5.38. The fraction of sp³-hybridized carbons (Fsp3) is 0.594. The minimum Gasteiger partial charge on any atom is -0.462 e. The molecule has 2 aliphatic carbocycles. The Morgan fingerprint density at radius 3 is 2.68 bits per heavy atom. The Bertz CT molecular complexity index is 1310. The zero-order chi connectivity index (χ0) is 28.8. The van der Waals surface area contributed by atoms with Gasteiger partial charge >= 0.3 is 12.1 Å². The molecule has 9 heteroatoms. The lowest BCUT2D eigenvalue weighted by atomic mass is 9.78. The Balaban J connectivity index is 1.11. The second-order valence-corrected chi connectivity index (χ2v) is 12.3. The van der Waals surface area contributed by atoms with Gasteiger partial charge in [-0.3, -0.25) is 9.78 Å². The highest BCUT2D eigenvalue weighted by molar-refractivity contribution is 5.89. The molecule has 4 aliphatic rings. The number of likely N-dealkylation sites (tertiary alicyclic amines) is 1. The van der Waals surface area contributed by atoms with Crippen molar-refractivity contribution in [3.8, 4) is 0 Å². The zero-order valence-corrected chi connectivity index (χ0v) is 23.6. The molecule has 0 unspecified atom stereocenters. The normalized spacial score (nSPS) is 27.0. The van der Waals surface area contributed by atoms with Crippen LogP contribution in [0.3, 0.4) is 0 Å². The number of fused-ring (bicyclic) bond motifs is 2. The Hall–Kier alpha value is -2.94. The Labute approximate surface area is 239 Å². The molecule has 0 N–H and O–H groups in total. The molecular formula is C32H38F3N3O3. The van der Waals surface area contributed by atoms with Crippen molar-refractivity contribution in [1.82, 2.24) is 14.8 Å². The molecule has 41 heavy (non-hydrogen) atoms. The van der Waals surface area contributed by atoms with E-state index in [4.69, 9.17) is 4.74 Å². The molecule has 0 bridgehead atoms. The highest BCUT2D eigenvalue weighted by atomic mass is 19.4. The van der Waals surface area contributed by atoms with Crippen molar-refractivity contribution in [3.05, 3.63) is 64.5 Å². The molecule has 0 spiro atoms. The number of hydrogen-bond donors (Lipinski definition) is 0. The number of ether oxygens (including phenoxy) is 1. The summed E-state index contributed by atoms with van der Waals surface area (Å²) in [6.07, 6.45) is 3.77. The molecule has 2 aromatic rings. The molecule has 0 radical (unpaired) electrons. The van der Waals surface area contributed by atoms with Gasteiger partial charge in [-0.05, 0) is 99.7 Å². The number of carbonyl (C=O) groups excluding carboxylic acids is 2. The number of esters is 1. The van der Waals surface area contributed by atoms with Gasteiger partial charge in [0.05, 0.1) is 23.1 Å². The van der Waals surface area contributed by atoms with Crippen LogP contribution in [0.5, 0.6) is 0 Å². The predicted molar refractivity (Wildman–Crippen MR) is 147 cm³/mol. The van der Waals surface area contributed by atoms with Gasteiger partial charge < -0.3 is 14.5 Å². The molecule has 3 atom stereocenters. The molecule has 3 heterocycles. The van der Waals surface area contributed by atoms with Crippen LogP contribution in [-0.4, -0.2) is 58.9 Å². The molecule has 3 fully saturated rings. The molecule has 1 aromatic carbocycles. The summed E-state index contributed by atoms with van der Waals surface area (Å²) in [5, 5.41) is 0. The van der Waals surface area contributed by atoms with Crippen molar-refractivity contribution in [2.45, 2.75) is 83.0 Å². The lowest BCUT2D eigenvalue weighted by Crippen LogP contribution is -2.47. The number of benzene rings is 1. The van der Waals surface area contributed by atoms with Crippen molar-refractivity contribution in [1.29, 1.82) is 0 Å². The number of amides is 1. The van der Waals surface area contributed by atoms with Crippen LogP contribution in [0.1, 0.15) is 90.5 Å². The van der Waals surface area contributed by atoms with Gasteiger partial charge in [-0.1, -0.05) is 18.6 Å². The number of halogens is 3. The standard InChI is InChI=1S/C32H38F3N3O3/c1-2-41-29(39)23-6-3-5-22(15-23)21-8-12-37(13-9-21)27-17-25-7-4-11-31(25,18-27)30(40)38-14-10-28-24(20-38)16-26(19-36-28)32(33,34)35/h3,5-6,15-16,19,21,25,27H,2,4,7-14,17-18,20H2,1H3/t25-,27-,31-/m1/s1. The topological polar surface area (TPSA) is 62.7 Å². The number of hydrogen-bond acceptors (Lipinski definition) is 5. The maximum absolute atomic E-state index is 14.1. The first-order chi connectivity index (χ1) is 19.7. The van der Waals surface area contributed by atoms with Gasteiger partial charge in [-0.2, -0.15) is 13.2 Å². The number of carbonyl (C=O) groups is 2. The number of pyridine rings is 1. The SMILES string of the molecule is CCOC(=O)c1cccc(C2CCN([C@@H]3C[C@H]4CCC[C@@]4(C(=O)N4CCc5ncc(C(F)(F)F)cc5C4)C3)CC2)c1. The number of piperidine rings is 1. The molecular weight excluding hydrogens is 531 g/mol. The smallest absolute Gasteiger partial charge is 0.417 e. The molecule has 6 rings (SSSR count). The summed E-state index contributed by atoms with van der Waals surface area (Å²) >= 11 is 0. The summed E-state index contributed by atoms with van der Waals surface area (Å²) < 4.78 is 45.1. The number of aromatic nitrogens is 1. The summed E-state index contributed by atoms with van der Waals surface area (Å²) in [5.74, 6) is 0.575. The fourth-order valence-electron chi connectivity index (χ4n) is 8.04. The van der Waals surface area contributed by atoms with Crippen molar-refractivity contribution in [3.63, 3.8) is 0 Å². The van der Waals surface area contributed by atoms with E-state index in [9.17, 15) is 22.8 Å². The van der Waals surface area contributed by atoms with Gasteiger partial charge in [-0.15, -0.1) is 0 Å². The second kappa shape index (κ2) is 11.0. The van der Waals surface area contributed by atoms with Crippen LogP contribution in [0.25, 0.3) is 0 Å². The van der Waals surface area contributed by atoms with E-state index in [1.54, 1.807) is 6.07 Å². The summed E-state index contributed by atoms with van der Waals surface area (Å²) in [6, 6.07) is 9.33. The maximum atomic E-state index is 14.1. The second-order valence-electron chi connectivity index (χ2n) is 12.3. The van der Waals surface area contributed by atoms with Gasteiger partial charge in [0.1, 0.15) is 0 Å². The third-order valence-corrected chi connectivity index (χ3v) is 10.1. The highest BCUT2D eigenvalue weighted by Gasteiger charge is 2.57. The zero-order valence-electron chi connectivity index (χ0n) is 23.6. The van der Waals surface area contributed by atoms with E-state index in [-0.39, 0.29) is 18.4 Å². The van der Waals surface area contributed by atoms with E-state index in [0.717, 1.165) is 64.2 Å². The summed E-state index contributed by atoms with van der Waals surface area (Å²) in [5.41, 5.74) is 1.82. The largest absolute Gasteiger partial charge is 0.462 e. The molecule has 1 saturated heterocycles. The molecule has 1 aromatic heterocycles. The van der Waals surface area contributed by atoms with E-state index in [0.29, 0.717) is 54.3 Å². The summed E-state index contributed by atoms with van der Waals surface area (Å²) in [7, 11) is 0. The van der Waals surface area contributed by atoms with Gasteiger partial charge in [0.2, 0.25) is 5.91 Å². The van der Waals surface area contributed by atoms with E-state index in [2.05, 4.69) is 16.0 Å². The van der Waals surface area contributed by atoms with Crippen LogP contribution in [0.15, 0.2) is 36.5 Å². The van der Waals surface area contributed by atoms with E-state index < -0.39 is 17.2 Å². The Kier molecular flexibility index (Phi) is 7.59. The number of alkyl halides is 3. The Morgan fingerprint density at radius 2 is 1.93 bits per heavy atom. The van der Waals surface area contributed by atoms with E-state index in [1.807, 2.05) is 24.0 Å². The predicted octanol–water partition coefficient (Wildman–Crippen LogP) is 5.99. The van der Waals surface area contributed by atoms with Crippen molar-refractivity contribution >= 4 is 11.9 Å². The maximum Gasteiger partial charge on any atom is 0.417 e.